The lowest BCUT2D eigenvalue weighted by Gasteiger charge is -2.43. The minimum absolute atomic E-state index is 0.0103. The van der Waals surface area contributed by atoms with Crippen LogP contribution in [0.4, 0.5) is 22.0 Å². The summed E-state index contributed by atoms with van der Waals surface area (Å²) in [5, 5.41) is 29.6. The quantitative estimate of drug-likeness (QED) is 0.111. The number of benzene rings is 2. The van der Waals surface area contributed by atoms with Gasteiger partial charge in [-0.15, -0.1) is 0 Å². The molecule has 0 aliphatic carbocycles. The maximum atomic E-state index is 13.2. The van der Waals surface area contributed by atoms with Gasteiger partial charge in [0.05, 0.1) is 12.0 Å². The number of unbranched alkanes of at least 4 members (excludes halogenated alkanes) is 7. The molecule has 0 bridgehead atoms. The molecule has 0 saturated carbocycles. The van der Waals surface area contributed by atoms with Gasteiger partial charge in [0.1, 0.15) is 17.2 Å². The van der Waals surface area contributed by atoms with Crippen LogP contribution in [0.25, 0.3) is 0 Å². The molecule has 45 heavy (non-hydrogen) atoms. The smallest absolute Gasteiger partial charge is 0.453 e. The highest BCUT2D eigenvalue weighted by Crippen LogP contribution is 2.50. The van der Waals surface area contributed by atoms with Gasteiger partial charge in [0, 0.05) is 23.8 Å². The van der Waals surface area contributed by atoms with E-state index in [0.29, 0.717) is 31.6 Å². The van der Waals surface area contributed by atoms with Crippen molar-refractivity contribution in [2.24, 2.45) is 5.41 Å². The summed E-state index contributed by atoms with van der Waals surface area (Å²) < 4.78 is 69.8. The van der Waals surface area contributed by atoms with E-state index in [9.17, 15) is 42.1 Å². The van der Waals surface area contributed by atoms with Gasteiger partial charge in [0.2, 0.25) is 0 Å². The monoisotopic (exact) mass is 642 g/mol. The molecule has 0 fully saturated rings. The zero-order valence-corrected chi connectivity index (χ0v) is 26.3. The Labute approximate surface area is 262 Å². The largest absolute Gasteiger partial charge is 0.508 e. The van der Waals surface area contributed by atoms with Gasteiger partial charge in [0.25, 0.3) is 0 Å². The first-order valence-electron chi connectivity index (χ1n) is 16.1. The molecular formula is C35H47F5O5. The van der Waals surface area contributed by atoms with E-state index >= 15 is 0 Å². The summed E-state index contributed by atoms with van der Waals surface area (Å²) in [5.74, 6) is -4.56. The molecule has 3 atom stereocenters. The Morgan fingerprint density at radius 3 is 1.93 bits per heavy atom. The van der Waals surface area contributed by atoms with Crippen LogP contribution in [0.2, 0.25) is 0 Å². The molecule has 3 N–H and O–H groups in total. The number of fused-ring (bicyclic) bond motifs is 1. The molecule has 2 aromatic carbocycles. The number of alkyl halides is 5. The van der Waals surface area contributed by atoms with Crippen molar-refractivity contribution >= 4 is 5.97 Å². The van der Waals surface area contributed by atoms with Gasteiger partial charge < -0.3 is 20.1 Å². The van der Waals surface area contributed by atoms with Gasteiger partial charge in [-0.1, -0.05) is 83.4 Å². The highest BCUT2D eigenvalue weighted by molar-refractivity contribution is 5.74. The Kier molecular flexibility index (Phi) is 12.5. The molecule has 5 nitrogen and oxygen atoms in total. The van der Waals surface area contributed by atoms with E-state index in [1.807, 2.05) is 18.2 Å². The van der Waals surface area contributed by atoms with Gasteiger partial charge >= 0.3 is 18.1 Å². The molecular weight excluding hydrogens is 595 g/mol. The summed E-state index contributed by atoms with van der Waals surface area (Å²) in [6.45, 7) is 4.35. The summed E-state index contributed by atoms with van der Waals surface area (Å²) in [5.41, 5.74) is 0.718. The van der Waals surface area contributed by atoms with Crippen LogP contribution in [0, 0.1) is 5.41 Å². The molecule has 1 aliphatic rings. The van der Waals surface area contributed by atoms with Crippen LogP contribution < -0.4 is 4.74 Å². The zero-order valence-electron chi connectivity index (χ0n) is 26.3. The number of hydrogen-bond donors (Lipinski definition) is 3. The summed E-state index contributed by atoms with van der Waals surface area (Å²) in [6, 6.07) is 12.5. The number of halogens is 5. The third-order valence-corrected chi connectivity index (χ3v) is 9.79. The van der Waals surface area contributed by atoms with E-state index in [1.54, 1.807) is 31.2 Å². The van der Waals surface area contributed by atoms with Crippen LogP contribution in [0.1, 0.15) is 121 Å². The maximum Gasteiger partial charge on any atom is 0.453 e. The molecule has 1 heterocycles. The van der Waals surface area contributed by atoms with Gasteiger partial charge in [-0.05, 0) is 61.4 Å². The molecule has 2 aromatic rings. The van der Waals surface area contributed by atoms with Crippen molar-refractivity contribution in [3.05, 3.63) is 53.6 Å². The first-order chi connectivity index (χ1) is 21.1. The second kappa shape index (κ2) is 15.5. The number of hydrogen-bond acceptors (Lipinski definition) is 4. The van der Waals surface area contributed by atoms with E-state index in [2.05, 4.69) is 6.92 Å². The maximum absolute atomic E-state index is 13.2. The van der Waals surface area contributed by atoms with E-state index in [0.717, 1.165) is 56.1 Å². The van der Waals surface area contributed by atoms with Crippen molar-refractivity contribution in [1.82, 2.24) is 0 Å². The topological polar surface area (TPSA) is 87.0 Å². The second-order valence-corrected chi connectivity index (χ2v) is 12.9. The molecule has 0 spiro atoms. The second-order valence-electron chi connectivity index (χ2n) is 12.9. The highest BCUT2D eigenvalue weighted by atomic mass is 19.4. The lowest BCUT2D eigenvalue weighted by atomic mass is 9.66. The predicted octanol–water partition coefficient (Wildman–Crippen LogP) is 10.3. The van der Waals surface area contributed by atoms with Crippen molar-refractivity contribution < 1.29 is 46.8 Å². The van der Waals surface area contributed by atoms with Crippen molar-refractivity contribution in [3.8, 4) is 17.2 Å². The molecule has 252 valence electrons. The number of rotatable bonds is 18. The molecule has 0 saturated heterocycles. The van der Waals surface area contributed by atoms with Crippen LogP contribution in [0.5, 0.6) is 17.2 Å². The first-order valence-corrected chi connectivity index (χ1v) is 16.1. The molecule has 1 aliphatic heterocycles. The number of aromatic hydroxyl groups is 2. The van der Waals surface area contributed by atoms with Gasteiger partial charge in [-0.2, -0.15) is 22.0 Å². The third kappa shape index (κ3) is 9.26. The van der Waals surface area contributed by atoms with Crippen molar-refractivity contribution in [1.29, 1.82) is 0 Å². The van der Waals surface area contributed by atoms with E-state index < -0.39 is 29.9 Å². The Hall–Kier alpha value is -3.04. The molecule has 1 unspecified atom stereocenters. The van der Waals surface area contributed by atoms with Gasteiger partial charge in [0.15, 0.2) is 0 Å². The average molecular weight is 643 g/mol. The predicted molar refractivity (Wildman–Crippen MR) is 163 cm³/mol. The number of carboxylic acids is 1. The third-order valence-electron chi connectivity index (χ3n) is 9.79. The zero-order chi connectivity index (χ0) is 33.3. The average Bonchev–Trinajstić information content (AvgIpc) is 2.98. The number of phenolic OH excluding ortho intramolecular Hbond substituents is 2. The van der Waals surface area contributed by atoms with Crippen molar-refractivity contribution in [2.75, 3.05) is 6.61 Å². The number of carboxylic acid groups (broad SMARTS) is 1. The molecule has 0 radical (unpaired) electrons. The Balaban J connectivity index is 1.44. The Bertz CT molecular complexity index is 1230. The standard InChI is InChI=1S/C35H47F5O5/c1-3-33(31(43)44,21-11-12-22-34(36,37)35(38,39)40)20-10-8-6-4-5-7-9-13-29-28-19-18-27(42)23-30(28)45-24-32(29,2)25-14-16-26(41)17-15-25/h14-19,23,29,41-42H,3-13,20-22,24H2,1-2H3,(H,43,44)/t29-,32-,33?/m1/s1. The van der Waals surface area contributed by atoms with Crippen molar-refractivity contribution in [2.45, 2.75) is 127 Å². The fraction of sp³-hybridized carbons (Fsp3) is 0.629. The number of aliphatic carboxylic acids is 1. The molecule has 3 rings (SSSR count). The van der Waals surface area contributed by atoms with Gasteiger partial charge in [-0.3, -0.25) is 4.79 Å². The van der Waals surface area contributed by atoms with Crippen LogP contribution in [-0.4, -0.2) is 40.0 Å². The SMILES string of the molecule is CCC(CCCCCCCCC[C@@H]1c2ccc(O)cc2OC[C@]1(C)c1ccc(O)cc1)(CCCCC(F)(F)C(F)(F)F)C(=O)O. The summed E-state index contributed by atoms with van der Waals surface area (Å²) in [7, 11) is 0. The minimum atomic E-state index is -5.59. The lowest BCUT2D eigenvalue weighted by molar-refractivity contribution is -0.284. The van der Waals surface area contributed by atoms with Crippen LogP contribution in [0.15, 0.2) is 42.5 Å². The number of phenols is 2. The van der Waals surface area contributed by atoms with E-state index in [-0.39, 0.29) is 42.1 Å². The normalized spacial score (nSPS) is 19.8. The lowest BCUT2D eigenvalue weighted by Crippen LogP contribution is -2.40. The molecule has 10 heteroatoms. The molecule has 0 aromatic heterocycles. The summed E-state index contributed by atoms with van der Waals surface area (Å²) in [6.07, 6.45) is 0.862. The highest BCUT2D eigenvalue weighted by Gasteiger charge is 2.56. The fourth-order valence-electron chi connectivity index (χ4n) is 6.70. The fourth-order valence-corrected chi connectivity index (χ4v) is 6.70. The Morgan fingerprint density at radius 1 is 0.822 bits per heavy atom. The first kappa shape index (κ1) is 36.4. The molecule has 0 amide bonds. The van der Waals surface area contributed by atoms with E-state index in [1.165, 1.54) is 0 Å². The Morgan fingerprint density at radius 2 is 1.36 bits per heavy atom. The van der Waals surface area contributed by atoms with Crippen molar-refractivity contribution in [3.63, 3.8) is 0 Å². The number of carbonyl (C=O) groups is 1. The summed E-state index contributed by atoms with van der Waals surface area (Å²) in [4.78, 5) is 12.1. The van der Waals surface area contributed by atoms with Gasteiger partial charge in [-0.25, -0.2) is 0 Å². The van der Waals surface area contributed by atoms with E-state index in [4.69, 9.17) is 4.74 Å². The van der Waals surface area contributed by atoms with Crippen LogP contribution in [0.3, 0.4) is 0 Å². The minimum Gasteiger partial charge on any atom is -0.508 e. The number of ether oxygens (including phenoxy) is 1. The summed E-state index contributed by atoms with van der Waals surface area (Å²) >= 11 is 0. The van der Waals surface area contributed by atoms with Crippen LogP contribution in [-0.2, 0) is 10.2 Å². The van der Waals surface area contributed by atoms with Crippen LogP contribution >= 0.6 is 0 Å².